The third-order valence-electron chi connectivity index (χ3n) is 2.21. The van der Waals surface area contributed by atoms with E-state index in [2.05, 4.69) is 15.3 Å². The summed E-state index contributed by atoms with van der Waals surface area (Å²) in [5.74, 6) is 1.55. The molecule has 0 radical (unpaired) electrons. The Labute approximate surface area is 99.5 Å². The second-order valence-electron chi connectivity index (χ2n) is 3.45. The van der Waals surface area contributed by atoms with Gasteiger partial charge in [0.1, 0.15) is 11.6 Å². The predicted molar refractivity (Wildman–Crippen MR) is 66.8 cm³/mol. The predicted octanol–water partition coefficient (Wildman–Crippen LogP) is 3.15. The van der Waals surface area contributed by atoms with Gasteiger partial charge < -0.3 is 5.32 Å². The summed E-state index contributed by atoms with van der Waals surface area (Å²) in [7, 11) is 1.84. The van der Waals surface area contributed by atoms with E-state index in [0.717, 1.165) is 22.9 Å². The number of anilines is 1. The average Bonchev–Trinajstić information content (AvgIpc) is 2.28. The Kier molecular flexibility index (Phi) is 3.06. The first-order valence-corrected chi connectivity index (χ1v) is 5.36. The average molecular weight is 234 g/mol. The van der Waals surface area contributed by atoms with Crippen molar-refractivity contribution in [2.45, 2.75) is 6.92 Å². The molecule has 0 unspecified atom stereocenters. The van der Waals surface area contributed by atoms with Crippen LogP contribution in [-0.4, -0.2) is 17.0 Å². The zero-order valence-electron chi connectivity index (χ0n) is 9.16. The molecule has 1 N–H and O–H groups in total. The van der Waals surface area contributed by atoms with Crippen molar-refractivity contribution >= 4 is 17.4 Å². The molecule has 82 valence electrons. The topological polar surface area (TPSA) is 37.8 Å². The van der Waals surface area contributed by atoms with Crippen LogP contribution in [0, 0.1) is 6.92 Å². The molecule has 2 rings (SSSR count). The minimum Gasteiger partial charge on any atom is -0.373 e. The summed E-state index contributed by atoms with van der Waals surface area (Å²) in [6.07, 6.45) is 0. The van der Waals surface area contributed by atoms with Crippen LogP contribution >= 0.6 is 11.6 Å². The summed E-state index contributed by atoms with van der Waals surface area (Å²) in [6.45, 7) is 1.87. The molecule has 0 saturated carbocycles. The molecule has 4 heteroatoms. The molecule has 0 fully saturated rings. The van der Waals surface area contributed by atoms with E-state index >= 15 is 0 Å². The van der Waals surface area contributed by atoms with Crippen molar-refractivity contribution in [1.82, 2.24) is 9.97 Å². The molecule has 2 aromatic rings. The lowest BCUT2D eigenvalue weighted by molar-refractivity contribution is 1.06. The maximum Gasteiger partial charge on any atom is 0.130 e. The molecule has 0 aliphatic heterocycles. The van der Waals surface area contributed by atoms with Gasteiger partial charge in [0.2, 0.25) is 0 Å². The van der Waals surface area contributed by atoms with Crippen molar-refractivity contribution < 1.29 is 0 Å². The Hall–Kier alpha value is -1.61. The lowest BCUT2D eigenvalue weighted by Gasteiger charge is -2.05. The van der Waals surface area contributed by atoms with Crippen molar-refractivity contribution in [1.29, 1.82) is 0 Å². The third-order valence-corrected chi connectivity index (χ3v) is 2.45. The molecule has 3 nitrogen and oxygen atoms in total. The van der Waals surface area contributed by atoms with Gasteiger partial charge >= 0.3 is 0 Å². The molecule has 1 heterocycles. The largest absolute Gasteiger partial charge is 0.373 e. The highest BCUT2D eigenvalue weighted by atomic mass is 35.5. The van der Waals surface area contributed by atoms with E-state index in [-0.39, 0.29) is 0 Å². The van der Waals surface area contributed by atoms with Gasteiger partial charge in [0, 0.05) is 23.7 Å². The van der Waals surface area contributed by atoms with Crippen LogP contribution in [0.5, 0.6) is 0 Å². The van der Waals surface area contributed by atoms with Crippen LogP contribution in [0.4, 0.5) is 5.82 Å². The van der Waals surface area contributed by atoms with Gasteiger partial charge in [-0.25, -0.2) is 9.97 Å². The van der Waals surface area contributed by atoms with Gasteiger partial charge in [-0.3, -0.25) is 0 Å². The molecule has 0 spiro atoms. The van der Waals surface area contributed by atoms with E-state index in [1.807, 2.05) is 44.3 Å². The summed E-state index contributed by atoms with van der Waals surface area (Å²) in [5, 5.41) is 3.72. The summed E-state index contributed by atoms with van der Waals surface area (Å²) in [4.78, 5) is 8.63. The van der Waals surface area contributed by atoms with Crippen molar-refractivity contribution in [2.24, 2.45) is 0 Å². The first kappa shape index (κ1) is 10.9. The number of nitrogens with zero attached hydrogens (tertiary/aromatic N) is 2. The van der Waals surface area contributed by atoms with Gasteiger partial charge in [-0.2, -0.15) is 0 Å². The second kappa shape index (κ2) is 4.49. The number of aromatic nitrogens is 2. The van der Waals surface area contributed by atoms with Gasteiger partial charge in [0.05, 0.1) is 5.69 Å². The number of aryl methyl sites for hydroxylation is 1. The first-order chi connectivity index (χ1) is 7.69. The number of rotatable bonds is 2. The molecule has 0 bridgehead atoms. The molecular weight excluding hydrogens is 222 g/mol. The fourth-order valence-electron chi connectivity index (χ4n) is 1.49. The van der Waals surface area contributed by atoms with Crippen molar-refractivity contribution in [3.63, 3.8) is 0 Å². The molecule has 16 heavy (non-hydrogen) atoms. The minimum absolute atomic E-state index is 0.708. The molecule has 0 atom stereocenters. The summed E-state index contributed by atoms with van der Waals surface area (Å²) < 4.78 is 0. The Balaban J connectivity index is 2.51. The lowest BCUT2D eigenvalue weighted by atomic mass is 10.1. The zero-order chi connectivity index (χ0) is 11.5. The molecule has 0 saturated heterocycles. The van der Waals surface area contributed by atoms with Gasteiger partial charge in [-0.1, -0.05) is 23.7 Å². The monoisotopic (exact) mass is 233 g/mol. The van der Waals surface area contributed by atoms with E-state index in [9.17, 15) is 0 Å². The fraction of sp³-hybridized carbons (Fsp3) is 0.167. The van der Waals surface area contributed by atoms with Crippen LogP contribution < -0.4 is 5.32 Å². The maximum atomic E-state index is 5.95. The Bertz CT molecular complexity index is 511. The Morgan fingerprint density at radius 1 is 1.19 bits per heavy atom. The van der Waals surface area contributed by atoms with Crippen molar-refractivity contribution in [3.8, 4) is 11.3 Å². The lowest BCUT2D eigenvalue weighted by Crippen LogP contribution is -1.98. The summed E-state index contributed by atoms with van der Waals surface area (Å²) in [6, 6.07) is 9.53. The molecular formula is C12H12ClN3. The number of hydrogen-bond donors (Lipinski definition) is 1. The molecule has 0 amide bonds. The van der Waals surface area contributed by atoms with Crippen LogP contribution in [0.2, 0.25) is 5.02 Å². The quantitative estimate of drug-likeness (QED) is 0.866. The van der Waals surface area contributed by atoms with Crippen molar-refractivity contribution in [3.05, 3.63) is 41.2 Å². The smallest absolute Gasteiger partial charge is 0.130 e. The maximum absolute atomic E-state index is 5.95. The summed E-state index contributed by atoms with van der Waals surface area (Å²) >= 11 is 5.95. The van der Waals surface area contributed by atoms with E-state index < -0.39 is 0 Å². The standard InChI is InChI=1S/C12H12ClN3/c1-8-15-11(7-12(14-2)16-8)9-4-3-5-10(13)6-9/h3-7H,1-2H3,(H,14,15,16). The van der Waals surface area contributed by atoms with Crippen LogP contribution in [0.15, 0.2) is 30.3 Å². The number of benzene rings is 1. The van der Waals surface area contributed by atoms with Gasteiger partial charge in [-0.05, 0) is 19.1 Å². The van der Waals surface area contributed by atoms with Gasteiger partial charge in [-0.15, -0.1) is 0 Å². The molecule has 1 aromatic carbocycles. The minimum atomic E-state index is 0.708. The van der Waals surface area contributed by atoms with Gasteiger partial charge in [0.25, 0.3) is 0 Å². The number of halogens is 1. The Morgan fingerprint density at radius 3 is 2.69 bits per heavy atom. The van der Waals surface area contributed by atoms with Crippen LogP contribution in [0.1, 0.15) is 5.82 Å². The highest BCUT2D eigenvalue weighted by molar-refractivity contribution is 6.30. The second-order valence-corrected chi connectivity index (χ2v) is 3.88. The normalized spacial score (nSPS) is 10.2. The zero-order valence-corrected chi connectivity index (χ0v) is 9.92. The SMILES string of the molecule is CNc1cc(-c2cccc(Cl)c2)nc(C)n1. The molecule has 1 aromatic heterocycles. The van der Waals surface area contributed by atoms with E-state index in [0.29, 0.717) is 5.02 Å². The highest BCUT2D eigenvalue weighted by Gasteiger charge is 2.03. The van der Waals surface area contributed by atoms with Gasteiger partial charge in [0.15, 0.2) is 0 Å². The number of hydrogen-bond acceptors (Lipinski definition) is 3. The molecule has 0 aliphatic rings. The van der Waals surface area contributed by atoms with Crippen molar-refractivity contribution in [2.75, 3.05) is 12.4 Å². The Morgan fingerprint density at radius 2 is 2.00 bits per heavy atom. The first-order valence-electron chi connectivity index (χ1n) is 4.98. The van der Waals surface area contributed by atoms with E-state index in [1.54, 1.807) is 0 Å². The third kappa shape index (κ3) is 2.31. The highest BCUT2D eigenvalue weighted by Crippen LogP contribution is 2.22. The summed E-state index contributed by atoms with van der Waals surface area (Å²) in [5.41, 5.74) is 1.87. The number of nitrogens with one attached hydrogen (secondary N) is 1. The molecule has 0 aliphatic carbocycles. The fourth-order valence-corrected chi connectivity index (χ4v) is 1.68. The van der Waals surface area contributed by atoms with Crippen LogP contribution in [0.25, 0.3) is 11.3 Å². The van der Waals surface area contributed by atoms with E-state index in [4.69, 9.17) is 11.6 Å². The van der Waals surface area contributed by atoms with E-state index in [1.165, 1.54) is 0 Å². The van der Waals surface area contributed by atoms with Crippen LogP contribution in [0.3, 0.4) is 0 Å². The van der Waals surface area contributed by atoms with Crippen LogP contribution in [-0.2, 0) is 0 Å².